The summed E-state index contributed by atoms with van der Waals surface area (Å²) >= 11 is 3.55. The first-order valence-corrected chi connectivity index (χ1v) is 8.12. The lowest BCUT2D eigenvalue weighted by atomic mass is 9.95. The number of carbonyl (C=O) groups excluding carboxylic acids is 1. The standard InChI is InChI=1S/C13H14N2OS2/c16-12-10-8-2-1-3-9(8)18-13(10)15-11(14-12)7-4-5-17-6-7/h4-6,10-11,13,15H,1-3H2,(H,14,16). The molecule has 0 aromatic carbocycles. The minimum Gasteiger partial charge on any atom is -0.336 e. The average Bonchev–Trinajstić information content (AvgIpc) is 3.04. The van der Waals surface area contributed by atoms with E-state index in [1.165, 1.54) is 28.9 Å². The van der Waals surface area contributed by atoms with Crippen molar-refractivity contribution in [2.75, 3.05) is 0 Å². The predicted molar refractivity (Wildman–Crippen MR) is 74.1 cm³/mol. The second kappa shape index (κ2) is 4.11. The molecule has 3 unspecified atom stereocenters. The molecule has 1 aromatic rings. The molecule has 3 aliphatic rings. The maximum absolute atomic E-state index is 12.3. The van der Waals surface area contributed by atoms with Crippen LogP contribution in [0.3, 0.4) is 0 Å². The second-order valence-corrected chi connectivity index (χ2v) is 7.00. The van der Waals surface area contributed by atoms with Crippen molar-refractivity contribution < 1.29 is 4.79 Å². The van der Waals surface area contributed by atoms with Crippen LogP contribution in [0, 0.1) is 5.92 Å². The minimum absolute atomic E-state index is 0.0162. The lowest BCUT2D eigenvalue weighted by molar-refractivity contribution is -0.127. The Morgan fingerprint density at radius 2 is 2.28 bits per heavy atom. The Labute approximate surface area is 114 Å². The molecule has 4 rings (SSSR count). The maximum atomic E-state index is 12.3. The molecule has 3 heterocycles. The Morgan fingerprint density at radius 1 is 1.33 bits per heavy atom. The van der Waals surface area contributed by atoms with Crippen LogP contribution >= 0.6 is 23.1 Å². The van der Waals surface area contributed by atoms with E-state index in [4.69, 9.17) is 0 Å². The van der Waals surface area contributed by atoms with Crippen LogP contribution in [0.5, 0.6) is 0 Å². The minimum atomic E-state index is -0.0162. The third kappa shape index (κ3) is 1.57. The first-order chi connectivity index (χ1) is 8.83. The number of hydrogen-bond donors (Lipinski definition) is 2. The lowest BCUT2D eigenvalue weighted by Gasteiger charge is -2.34. The van der Waals surface area contributed by atoms with Crippen LogP contribution in [0.4, 0.5) is 0 Å². The molecule has 3 nitrogen and oxygen atoms in total. The van der Waals surface area contributed by atoms with E-state index in [-0.39, 0.29) is 23.4 Å². The Balaban J connectivity index is 1.60. The van der Waals surface area contributed by atoms with Crippen LogP contribution < -0.4 is 10.6 Å². The average molecular weight is 278 g/mol. The fourth-order valence-corrected chi connectivity index (χ4v) is 5.35. The molecule has 0 saturated carbocycles. The third-order valence-electron chi connectivity index (χ3n) is 3.93. The Bertz CT molecular complexity index is 523. The van der Waals surface area contributed by atoms with Gasteiger partial charge in [0, 0.05) is 0 Å². The molecule has 18 heavy (non-hydrogen) atoms. The molecule has 0 radical (unpaired) electrons. The Morgan fingerprint density at radius 3 is 3.11 bits per heavy atom. The summed E-state index contributed by atoms with van der Waals surface area (Å²) in [4.78, 5) is 13.8. The summed E-state index contributed by atoms with van der Waals surface area (Å²) in [6.07, 6.45) is 3.49. The van der Waals surface area contributed by atoms with Crippen LogP contribution in [0.25, 0.3) is 0 Å². The van der Waals surface area contributed by atoms with E-state index >= 15 is 0 Å². The largest absolute Gasteiger partial charge is 0.336 e. The van der Waals surface area contributed by atoms with Crippen LogP contribution in [-0.4, -0.2) is 11.3 Å². The van der Waals surface area contributed by atoms with Gasteiger partial charge >= 0.3 is 0 Å². The molecule has 1 aliphatic carbocycles. The van der Waals surface area contributed by atoms with Crippen molar-refractivity contribution in [3.63, 3.8) is 0 Å². The van der Waals surface area contributed by atoms with Gasteiger partial charge in [-0.15, -0.1) is 11.8 Å². The van der Waals surface area contributed by atoms with Gasteiger partial charge in [0.05, 0.1) is 11.3 Å². The Hall–Kier alpha value is -0.780. The van der Waals surface area contributed by atoms with Crippen LogP contribution in [0.2, 0.25) is 0 Å². The highest BCUT2D eigenvalue weighted by molar-refractivity contribution is 8.04. The first kappa shape index (κ1) is 11.1. The van der Waals surface area contributed by atoms with Gasteiger partial charge in [0.15, 0.2) is 0 Å². The molecule has 1 fully saturated rings. The second-order valence-electron chi connectivity index (χ2n) is 4.98. The van der Waals surface area contributed by atoms with Crippen molar-refractivity contribution in [3.8, 4) is 0 Å². The van der Waals surface area contributed by atoms with Crippen LogP contribution in [0.15, 0.2) is 27.3 Å². The molecular formula is C13H14N2OS2. The van der Waals surface area contributed by atoms with Gasteiger partial charge in [0.25, 0.3) is 0 Å². The van der Waals surface area contributed by atoms with Gasteiger partial charge in [-0.3, -0.25) is 10.1 Å². The first-order valence-electron chi connectivity index (χ1n) is 6.30. The zero-order chi connectivity index (χ0) is 12.1. The Kier molecular flexibility index (Phi) is 2.53. The fourth-order valence-electron chi connectivity index (χ4n) is 3.09. The molecule has 1 saturated heterocycles. The van der Waals surface area contributed by atoms with Crippen molar-refractivity contribution in [2.24, 2.45) is 5.92 Å². The molecule has 0 bridgehead atoms. The van der Waals surface area contributed by atoms with E-state index in [0.717, 1.165) is 6.42 Å². The predicted octanol–water partition coefficient (Wildman–Crippen LogP) is 2.59. The summed E-state index contributed by atoms with van der Waals surface area (Å²) in [5, 5.41) is 11.1. The van der Waals surface area contributed by atoms with Gasteiger partial charge in [-0.1, -0.05) is 0 Å². The van der Waals surface area contributed by atoms with Crippen molar-refractivity contribution in [1.82, 2.24) is 10.6 Å². The molecule has 0 spiro atoms. The maximum Gasteiger partial charge on any atom is 0.231 e. The van der Waals surface area contributed by atoms with Crippen molar-refractivity contribution in [3.05, 3.63) is 32.9 Å². The molecule has 94 valence electrons. The van der Waals surface area contributed by atoms with E-state index in [0.29, 0.717) is 0 Å². The summed E-state index contributed by atoms with van der Waals surface area (Å²) < 4.78 is 0. The smallest absolute Gasteiger partial charge is 0.231 e. The summed E-state index contributed by atoms with van der Waals surface area (Å²) in [5.41, 5.74) is 2.57. The zero-order valence-corrected chi connectivity index (χ0v) is 11.4. The van der Waals surface area contributed by atoms with Crippen LogP contribution in [0.1, 0.15) is 31.0 Å². The van der Waals surface area contributed by atoms with Gasteiger partial charge in [-0.25, -0.2) is 0 Å². The number of thiophene rings is 1. The number of fused-ring (bicyclic) bond motifs is 2. The molecular weight excluding hydrogens is 264 g/mol. The molecule has 3 atom stereocenters. The highest BCUT2D eigenvalue weighted by Gasteiger charge is 2.46. The van der Waals surface area contributed by atoms with Gasteiger partial charge in [-0.05, 0) is 52.1 Å². The summed E-state index contributed by atoms with van der Waals surface area (Å²) in [6, 6.07) is 2.07. The molecule has 1 aromatic heterocycles. The van der Waals surface area contributed by atoms with Gasteiger partial charge in [0.2, 0.25) is 5.91 Å². The van der Waals surface area contributed by atoms with Crippen molar-refractivity contribution in [2.45, 2.75) is 30.8 Å². The zero-order valence-electron chi connectivity index (χ0n) is 9.81. The number of nitrogens with one attached hydrogen (secondary N) is 2. The topological polar surface area (TPSA) is 41.1 Å². The molecule has 5 heteroatoms. The monoisotopic (exact) mass is 278 g/mol. The summed E-state index contributed by atoms with van der Waals surface area (Å²) in [6.45, 7) is 0. The number of amides is 1. The molecule has 2 N–H and O–H groups in total. The molecule has 2 aliphatic heterocycles. The van der Waals surface area contributed by atoms with Crippen molar-refractivity contribution >= 4 is 29.0 Å². The SMILES string of the molecule is O=C1NC(c2ccsc2)NC2SC3=C(CCC3)C12. The van der Waals surface area contributed by atoms with E-state index in [1.54, 1.807) is 11.3 Å². The fraction of sp³-hybridized carbons (Fsp3) is 0.462. The summed E-state index contributed by atoms with van der Waals surface area (Å²) in [7, 11) is 0. The van der Waals surface area contributed by atoms with Gasteiger partial charge in [0.1, 0.15) is 6.17 Å². The van der Waals surface area contributed by atoms with E-state index in [1.807, 2.05) is 11.8 Å². The van der Waals surface area contributed by atoms with Crippen molar-refractivity contribution in [1.29, 1.82) is 0 Å². The van der Waals surface area contributed by atoms with Gasteiger partial charge < -0.3 is 5.32 Å². The lowest BCUT2D eigenvalue weighted by Crippen LogP contribution is -2.54. The van der Waals surface area contributed by atoms with E-state index < -0.39 is 0 Å². The third-order valence-corrected chi connectivity index (χ3v) is 6.05. The number of allylic oxidation sites excluding steroid dienone is 1. The number of hydrogen-bond acceptors (Lipinski definition) is 4. The highest BCUT2D eigenvalue weighted by atomic mass is 32.2. The van der Waals surface area contributed by atoms with Gasteiger partial charge in [-0.2, -0.15) is 11.3 Å². The molecule has 1 amide bonds. The van der Waals surface area contributed by atoms with E-state index in [2.05, 4.69) is 27.5 Å². The van der Waals surface area contributed by atoms with E-state index in [9.17, 15) is 4.79 Å². The normalized spacial score (nSPS) is 34.4. The van der Waals surface area contributed by atoms with Crippen LogP contribution in [-0.2, 0) is 4.79 Å². The summed E-state index contributed by atoms with van der Waals surface area (Å²) in [5.74, 6) is 0.275. The number of rotatable bonds is 1. The number of thioether (sulfide) groups is 1. The quantitative estimate of drug-likeness (QED) is 0.829. The highest BCUT2D eigenvalue weighted by Crippen LogP contribution is 2.50. The number of carbonyl (C=O) groups is 1.